The molecule has 1 aliphatic heterocycles. The largest absolute Gasteiger partial charge is 0.339 e. The Morgan fingerprint density at radius 1 is 1.00 bits per heavy atom. The van der Waals surface area contributed by atoms with Gasteiger partial charge in [-0.2, -0.15) is 0 Å². The number of carbonyl (C=O) groups is 1. The first-order valence-electron chi connectivity index (χ1n) is 9.07. The highest BCUT2D eigenvalue weighted by molar-refractivity contribution is 5.94. The Hall–Kier alpha value is -2.88. The number of fused-ring (bicyclic) bond motifs is 1. The number of likely N-dealkylation sites (tertiary alicyclic amines) is 1. The van der Waals surface area contributed by atoms with E-state index in [9.17, 15) is 9.59 Å². The van der Waals surface area contributed by atoms with Gasteiger partial charge in [-0.15, -0.1) is 0 Å². The standard InChI is InChI=1S/C22H22N2O2/c1-23-12-9-18(15-21(23)25)22(26)24-13-10-17(11-14-24)20-8-4-6-16-5-2-3-7-19(16)20/h2-9,12,15,17H,10-11,13-14H2,1H3. The van der Waals surface area contributed by atoms with Gasteiger partial charge in [0.15, 0.2) is 0 Å². The molecule has 26 heavy (non-hydrogen) atoms. The molecule has 1 saturated heterocycles. The Morgan fingerprint density at radius 3 is 2.50 bits per heavy atom. The van der Waals surface area contributed by atoms with Crippen LogP contribution in [0.1, 0.15) is 34.7 Å². The van der Waals surface area contributed by atoms with Gasteiger partial charge < -0.3 is 9.47 Å². The van der Waals surface area contributed by atoms with Gasteiger partial charge in [0.2, 0.25) is 0 Å². The first-order chi connectivity index (χ1) is 12.6. The van der Waals surface area contributed by atoms with Crippen LogP contribution in [0.25, 0.3) is 10.8 Å². The summed E-state index contributed by atoms with van der Waals surface area (Å²) in [6, 6.07) is 18.1. The Morgan fingerprint density at radius 2 is 1.73 bits per heavy atom. The van der Waals surface area contributed by atoms with Crippen LogP contribution in [-0.4, -0.2) is 28.5 Å². The maximum absolute atomic E-state index is 12.7. The van der Waals surface area contributed by atoms with Crippen LogP contribution in [0.5, 0.6) is 0 Å². The van der Waals surface area contributed by atoms with Gasteiger partial charge in [0, 0.05) is 38.0 Å². The minimum atomic E-state index is -0.151. The molecule has 1 fully saturated rings. The van der Waals surface area contributed by atoms with Crippen molar-refractivity contribution < 1.29 is 4.79 Å². The van der Waals surface area contributed by atoms with Gasteiger partial charge in [-0.25, -0.2) is 0 Å². The predicted octanol–water partition coefficient (Wildman–Crippen LogP) is 3.56. The maximum Gasteiger partial charge on any atom is 0.254 e. The number of pyridine rings is 1. The summed E-state index contributed by atoms with van der Waals surface area (Å²) in [5.41, 5.74) is 1.71. The molecular formula is C22H22N2O2. The fourth-order valence-corrected chi connectivity index (χ4v) is 3.86. The van der Waals surface area contributed by atoms with Gasteiger partial charge in [0.05, 0.1) is 0 Å². The molecule has 1 aliphatic rings. The number of nitrogens with zero attached hydrogens (tertiary/aromatic N) is 2. The quantitative estimate of drug-likeness (QED) is 0.712. The number of piperidine rings is 1. The number of hydrogen-bond acceptors (Lipinski definition) is 2. The van der Waals surface area contributed by atoms with E-state index in [2.05, 4.69) is 42.5 Å². The van der Waals surface area contributed by atoms with Crippen molar-refractivity contribution in [1.82, 2.24) is 9.47 Å². The molecule has 0 atom stereocenters. The molecule has 4 heteroatoms. The Kier molecular flexibility index (Phi) is 4.33. The van der Waals surface area contributed by atoms with Gasteiger partial charge >= 0.3 is 0 Å². The van der Waals surface area contributed by atoms with Crippen molar-refractivity contribution >= 4 is 16.7 Å². The van der Waals surface area contributed by atoms with Crippen LogP contribution in [0, 0.1) is 0 Å². The topological polar surface area (TPSA) is 42.3 Å². The van der Waals surface area contributed by atoms with Gasteiger partial charge in [-0.05, 0) is 41.2 Å². The first kappa shape index (κ1) is 16.6. The van der Waals surface area contributed by atoms with Crippen molar-refractivity contribution in [2.45, 2.75) is 18.8 Å². The number of carbonyl (C=O) groups excluding carboxylic acids is 1. The fraction of sp³-hybridized carbons (Fsp3) is 0.273. The third-order valence-electron chi connectivity index (χ3n) is 5.40. The van der Waals surface area contributed by atoms with E-state index in [0.29, 0.717) is 11.5 Å². The molecule has 0 spiro atoms. The van der Waals surface area contributed by atoms with E-state index in [1.807, 2.05) is 4.90 Å². The molecule has 4 rings (SSSR count). The number of aromatic nitrogens is 1. The summed E-state index contributed by atoms with van der Waals surface area (Å²) in [5, 5.41) is 2.58. The minimum Gasteiger partial charge on any atom is -0.339 e. The Bertz CT molecular complexity index is 1010. The smallest absolute Gasteiger partial charge is 0.254 e. The third-order valence-corrected chi connectivity index (χ3v) is 5.40. The highest BCUT2D eigenvalue weighted by atomic mass is 16.2. The molecule has 0 N–H and O–H groups in total. The highest BCUT2D eigenvalue weighted by Crippen LogP contribution is 2.33. The predicted molar refractivity (Wildman–Crippen MR) is 104 cm³/mol. The molecule has 1 aromatic heterocycles. The van der Waals surface area contributed by atoms with E-state index >= 15 is 0 Å². The van der Waals surface area contributed by atoms with Gasteiger partial charge in [-0.1, -0.05) is 42.5 Å². The molecule has 2 aromatic carbocycles. The van der Waals surface area contributed by atoms with Crippen LogP contribution < -0.4 is 5.56 Å². The molecule has 2 heterocycles. The minimum absolute atomic E-state index is 0.0425. The Labute approximate surface area is 152 Å². The summed E-state index contributed by atoms with van der Waals surface area (Å²) in [6.07, 6.45) is 3.55. The van der Waals surface area contributed by atoms with Crippen molar-refractivity contribution in [3.05, 3.63) is 82.3 Å². The van der Waals surface area contributed by atoms with Crippen LogP contribution in [-0.2, 0) is 7.05 Å². The van der Waals surface area contributed by atoms with Crippen molar-refractivity contribution in [2.75, 3.05) is 13.1 Å². The second-order valence-corrected chi connectivity index (χ2v) is 7.00. The summed E-state index contributed by atoms with van der Waals surface area (Å²) in [5.74, 6) is 0.424. The zero-order valence-corrected chi connectivity index (χ0v) is 14.9. The van der Waals surface area contributed by atoms with Crippen LogP contribution >= 0.6 is 0 Å². The van der Waals surface area contributed by atoms with Crippen LogP contribution in [0.2, 0.25) is 0 Å². The zero-order valence-electron chi connectivity index (χ0n) is 14.9. The van der Waals surface area contributed by atoms with E-state index in [4.69, 9.17) is 0 Å². The summed E-state index contributed by atoms with van der Waals surface area (Å²) in [4.78, 5) is 26.3. The van der Waals surface area contributed by atoms with E-state index in [0.717, 1.165) is 25.9 Å². The maximum atomic E-state index is 12.7. The fourth-order valence-electron chi connectivity index (χ4n) is 3.86. The van der Waals surface area contributed by atoms with Gasteiger partial charge in [0.1, 0.15) is 0 Å². The van der Waals surface area contributed by atoms with E-state index < -0.39 is 0 Å². The summed E-state index contributed by atoms with van der Waals surface area (Å²) >= 11 is 0. The molecule has 4 nitrogen and oxygen atoms in total. The first-order valence-corrected chi connectivity index (χ1v) is 9.07. The second kappa shape index (κ2) is 6.79. The van der Waals surface area contributed by atoms with Crippen LogP contribution in [0.15, 0.2) is 65.6 Å². The number of aryl methyl sites for hydroxylation is 1. The van der Waals surface area contributed by atoms with E-state index in [1.54, 1.807) is 19.3 Å². The van der Waals surface area contributed by atoms with Crippen molar-refractivity contribution in [1.29, 1.82) is 0 Å². The molecule has 0 radical (unpaired) electrons. The lowest BCUT2D eigenvalue weighted by molar-refractivity contribution is 0.0713. The SMILES string of the molecule is Cn1ccc(C(=O)N2CCC(c3cccc4ccccc34)CC2)cc1=O. The molecule has 3 aromatic rings. The second-order valence-electron chi connectivity index (χ2n) is 7.00. The molecule has 132 valence electrons. The molecular weight excluding hydrogens is 324 g/mol. The van der Waals surface area contributed by atoms with Crippen LogP contribution in [0.3, 0.4) is 0 Å². The number of amides is 1. The number of benzene rings is 2. The summed E-state index contributed by atoms with van der Waals surface area (Å²) in [7, 11) is 1.69. The van der Waals surface area contributed by atoms with Crippen molar-refractivity contribution in [2.24, 2.45) is 7.05 Å². The molecule has 1 amide bonds. The third kappa shape index (κ3) is 3.03. The normalized spacial score (nSPS) is 15.3. The molecule has 0 aliphatic carbocycles. The highest BCUT2D eigenvalue weighted by Gasteiger charge is 2.25. The molecule has 0 unspecified atom stereocenters. The van der Waals surface area contributed by atoms with Gasteiger partial charge in [0.25, 0.3) is 11.5 Å². The molecule has 0 saturated carbocycles. The van der Waals surface area contributed by atoms with Crippen molar-refractivity contribution in [3.63, 3.8) is 0 Å². The average Bonchev–Trinajstić information content (AvgIpc) is 2.69. The average molecular weight is 346 g/mol. The lowest BCUT2D eigenvalue weighted by atomic mass is 9.86. The van der Waals surface area contributed by atoms with E-state index in [-0.39, 0.29) is 11.5 Å². The summed E-state index contributed by atoms with van der Waals surface area (Å²) < 4.78 is 1.48. The lowest BCUT2D eigenvalue weighted by Gasteiger charge is -2.32. The molecule has 0 bridgehead atoms. The number of rotatable bonds is 2. The Balaban J connectivity index is 1.51. The monoisotopic (exact) mass is 346 g/mol. The van der Waals surface area contributed by atoms with E-state index in [1.165, 1.54) is 27.0 Å². The zero-order chi connectivity index (χ0) is 18.1. The lowest BCUT2D eigenvalue weighted by Crippen LogP contribution is -2.38. The van der Waals surface area contributed by atoms with Crippen LogP contribution in [0.4, 0.5) is 0 Å². The summed E-state index contributed by atoms with van der Waals surface area (Å²) in [6.45, 7) is 1.45. The number of hydrogen-bond donors (Lipinski definition) is 0. The van der Waals surface area contributed by atoms with Gasteiger partial charge in [-0.3, -0.25) is 9.59 Å². The van der Waals surface area contributed by atoms with Crippen molar-refractivity contribution in [3.8, 4) is 0 Å².